The first-order valence-electron chi connectivity index (χ1n) is 9.02. The highest BCUT2D eigenvalue weighted by Gasteiger charge is 2.27. The van der Waals surface area contributed by atoms with Gasteiger partial charge in [0.15, 0.2) is 0 Å². The zero-order valence-corrected chi connectivity index (χ0v) is 18.3. The van der Waals surface area contributed by atoms with Crippen LogP contribution in [-0.2, 0) is 21.4 Å². The molecule has 0 unspecified atom stereocenters. The summed E-state index contributed by atoms with van der Waals surface area (Å²) in [6, 6.07) is 22.8. The molecule has 0 aliphatic heterocycles. The summed E-state index contributed by atoms with van der Waals surface area (Å²) in [5, 5.41) is 2.80. The van der Waals surface area contributed by atoms with Crippen LogP contribution in [0.4, 0.5) is 5.69 Å². The lowest BCUT2D eigenvalue weighted by atomic mass is 10.1. The van der Waals surface area contributed by atoms with Crippen molar-refractivity contribution in [1.82, 2.24) is 5.32 Å². The summed E-state index contributed by atoms with van der Waals surface area (Å²) in [6.07, 6.45) is 0. The van der Waals surface area contributed by atoms with E-state index in [1.165, 1.54) is 12.1 Å². The number of benzene rings is 3. The number of nitrogens with zero attached hydrogens (tertiary/aromatic N) is 1. The van der Waals surface area contributed by atoms with Crippen LogP contribution in [0.15, 0.2) is 88.2 Å². The lowest BCUT2D eigenvalue weighted by Crippen LogP contribution is -2.40. The zero-order valence-electron chi connectivity index (χ0n) is 15.9. The summed E-state index contributed by atoms with van der Waals surface area (Å²) >= 11 is 3.36. The third-order valence-corrected chi connectivity index (χ3v) is 6.61. The topological polar surface area (TPSA) is 66.5 Å². The molecule has 5 nitrogen and oxygen atoms in total. The second-order valence-corrected chi connectivity index (χ2v) is 9.34. The molecule has 0 spiro atoms. The number of aryl methyl sites for hydroxylation is 1. The molecule has 150 valence electrons. The predicted molar refractivity (Wildman–Crippen MR) is 118 cm³/mol. The smallest absolute Gasteiger partial charge is 0.264 e. The molecule has 1 N–H and O–H groups in total. The summed E-state index contributed by atoms with van der Waals surface area (Å²) in [4.78, 5) is 12.7. The normalized spacial score (nSPS) is 11.1. The number of halogens is 1. The van der Waals surface area contributed by atoms with Gasteiger partial charge in [0, 0.05) is 11.0 Å². The van der Waals surface area contributed by atoms with E-state index in [4.69, 9.17) is 0 Å². The van der Waals surface area contributed by atoms with Crippen molar-refractivity contribution in [2.24, 2.45) is 0 Å². The van der Waals surface area contributed by atoms with E-state index in [0.717, 1.165) is 19.9 Å². The van der Waals surface area contributed by atoms with Crippen molar-refractivity contribution in [3.8, 4) is 0 Å². The third kappa shape index (κ3) is 5.46. The maximum absolute atomic E-state index is 13.2. The standard InChI is InChI=1S/C22H21BrN2O3S/c1-17-10-12-18(13-11-17)15-24-22(26)16-25(20-7-5-6-19(23)14-20)29(27,28)21-8-3-2-4-9-21/h2-14H,15-16H2,1H3,(H,24,26). The fourth-order valence-electron chi connectivity index (χ4n) is 2.76. The van der Waals surface area contributed by atoms with E-state index >= 15 is 0 Å². The average molecular weight is 473 g/mol. The summed E-state index contributed by atoms with van der Waals surface area (Å²) in [7, 11) is -3.90. The quantitative estimate of drug-likeness (QED) is 0.558. The van der Waals surface area contributed by atoms with E-state index in [2.05, 4.69) is 21.2 Å². The largest absolute Gasteiger partial charge is 0.350 e. The molecule has 0 radical (unpaired) electrons. The fraction of sp³-hybridized carbons (Fsp3) is 0.136. The maximum atomic E-state index is 13.2. The summed E-state index contributed by atoms with van der Waals surface area (Å²) in [5.41, 5.74) is 2.49. The number of nitrogens with one attached hydrogen (secondary N) is 1. The third-order valence-electron chi connectivity index (χ3n) is 4.32. The molecular weight excluding hydrogens is 452 g/mol. The van der Waals surface area contributed by atoms with Crippen LogP contribution in [0.1, 0.15) is 11.1 Å². The number of hydrogen-bond acceptors (Lipinski definition) is 3. The van der Waals surface area contributed by atoms with Crippen molar-refractivity contribution in [2.45, 2.75) is 18.4 Å². The van der Waals surface area contributed by atoms with Gasteiger partial charge in [-0.15, -0.1) is 0 Å². The lowest BCUT2D eigenvalue weighted by molar-refractivity contribution is -0.119. The van der Waals surface area contributed by atoms with E-state index in [-0.39, 0.29) is 17.3 Å². The van der Waals surface area contributed by atoms with Gasteiger partial charge in [-0.3, -0.25) is 9.10 Å². The minimum atomic E-state index is -3.90. The van der Waals surface area contributed by atoms with Gasteiger partial charge in [-0.2, -0.15) is 0 Å². The van der Waals surface area contributed by atoms with Crippen molar-refractivity contribution in [3.63, 3.8) is 0 Å². The highest BCUT2D eigenvalue weighted by Crippen LogP contribution is 2.26. The van der Waals surface area contributed by atoms with Gasteiger partial charge >= 0.3 is 0 Å². The Hall–Kier alpha value is -2.64. The molecule has 3 aromatic carbocycles. The number of sulfonamides is 1. The maximum Gasteiger partial charge on any atom is 0.264 e. The zero-order chi connectivity index (χ0) is 20.9. The molecular formula is C22H21BrN2O3S. The molecule has 3 rings (SSSR count). The molecule has 3 aromatic rings. The number of carbonyl (C=O) groups is 1. The summed E-state index contributed by atoms with van der Waals surface area (Å²) < 4.78 is 28.3. The van der Waals surface area contributed by atoms with Crippen molar-refractivity contribution < 1.29 is 13.2 Å². The van der Waals surface area contributed by atoms with Gasteiger partial charge in [-0.1, -0.05) is 70.0 Å². The van der Waals surface area contributed by atoms with Gasteiger partial charge in [0.05, 0.1) is 10.6 Å². The Labute approximate surface area is 179 Å². The molecule has 0 saturated heterocycles. The lowest BCUT2D eigenvalue weighted by Gasteiger charge is -2.24. The Morgan fingerprint density at radius 3 is 2.31 bits per heavy atom. The van der Waals surface area contributed by atoms with Gasteiger partial charge < -0.3 is 5.32 Å². The molecule has 1 amide bonds. The van der Waals surface area contributed by atoms with Crippen LogP contribution in [-0.4, -0.2) is 20.9 Å². The first-order chi connectivity index (χ1) is 13.9. The number of hydrogen-bond donors (Lipinski definition) is 1. The molecule has 0 aromatic heterocycles. The fourth-order valence-corrected chi connectivity index (χ4v) is 4.58. The van der Waals surface area contributed by atoms with Crippen molar-refractivity contribution in [2.75, 3.05) is 10.8 Å². The second kappa shape index (κ2) is 9.24. The molecule has 7 heteroatoms. The molecule has 0 fully saturated rings. The van der Waals surface area contributed by atoms with Crippen LogP contribution >= 0.6 is 15.9 Å². The number of rotatable bonds is 7. The highest BCUT2D eigenvalue weighted by atomic mass is 79.9. The highest BCUT2D eigenvalue weighted by molar-refractivity contribution is 9.10. The molecule has 29 heavy (non-hydrogen) atoms. The van der Waals surface area contributed by atoms with Crippen molar-refractivity contribution >= 4 is 37.5 Å². The minimum absolute atomic E-state index is 0.131. The predicted octanol–water partition coefficient (Wildman–Crippen LogP) is 4.27. The van der Waals surface area contributed by atoms with Crippen LogP contribution in [0.5, 0.6) is 0 Å². The van der Waals surface area contributed by atoms with Crippen LogP contribution in [0.2, 0.25) is 0 Å². The van der Waals surface area contributed by atoms with Crippen LogP contribution < -0.4 is 9.62 Å². The van der Waals surface area contributed by atoms with Crippen molar-refractivity contribution in [3.05, 3.63) is 94.5 Å². The van der Waals surface area contributed by atoms with Gasteiger partial charge in [0.1, 0.15) is 6.54 Å². The Kier molecular flexibility index (Phi) is 6.71. The van der Waals surface area contributed by atoms with E-state index < -0.39 is 10.0 Å². The van der Waals surface area contributed by atoms with Gasteiger partial charge in [0.25, 0.3) is 10.0 Å². The number of carbonyl (C=O) groups excluding carboxylic acids is 1. The van der Waals surface area contributed by atoms with Gasteiger partial charge in [0.2, 0.25) is 5.91 Å². The molecule has 0 heterocycles. The molecule has 0 aliphatic carbocycles. The van der Waals surface area contributed by atoms with E-state index in [0.29, 0.717) is 12.2 Å². The number of anilines is 1. The van der Waals surface area contributed by atoms with Gasteiger partial charge in [-0.05, 0) is 42.8 Å². The Morgan fingerprint density at radius 2 is 1.66 bits per heavy atom. The summed E-state index contributed by atoms with van der Waals surface area (Å²) in [5.74, 6) is -0.384. The van der Waals surface area contributed by atoms with Crippen LogP contribution in [0.3, 0.4) is 0 Å². The Morgan fingerprint density at radius 1 is 0.966 bits per heavy atom. The first-order valence-corrected chi connectivity index (χ1v) is 11.3. The van der Waals surface area contributed by atoms with E-state index in [1.807, 2.05) is 31.2 Å². The Balaban J connectivity index is 1.83. The number of amides is 1. The first kappa shape index (κ1) is 21.1. The van der Waals surface area contributed by atoms with Gasteiger partial charge in [-0.25, -0.2) is 8.42 Å². The molecule has 0 aliphatic rings. The average Bonchev–Trinajstić information content (AvgIpc) is 2.72. The SMILES string of the molecule is Cc1ccc(CNC(=O)CN(c2cccc(Br)c2)S(=O)(=O)c2ccccc2)cc1. The van der Waals surface area contributed by atoms with Crippen LogP contribution in [0.25, 0.3) is 0 Å². The molecule has 0 saturated carbocycles. The molecule has 0 atom stereocenters. The van der Waals surface area contributed by atoms with Crippen molar-refractivity contribution in [1.29, 1.82) is 0 Å². The Bertz CT molecular complexity index is 1080. The minimum Gasteiger partial charge on any atom is -0.350 e. The summed E-state index contributed by atoms with van der Waals surface area (Å²) in [6.45, 7) is 2.00. The monoisotopic (exact) mass is 472 g/mol. The van der Waals surface area contributed by atoms with E-state index in [1.54, 1.807) is 42.5 Å². The van der Waals surface area contributed by atoms with Crippen LogP contribution in [0, 0.1) is 6.92 Å². The molecule has 0 bridgehead atoms. The second-order valence-electron chi connectivity index (χ2n) is 6.57. The van der Waals surface area contributed by atoms with E-state index in [9.17, 15) is 13.2 Å².